The van der Waals surface area contributed by atoms with Crippen molar-refractivity contribution in [2.75, 3.05) is 18.4 Å². The normalized spacial score (nSPS) is 12.4. The van der Waals surface area contributed by atoms with Crippen LogP contribution in [0.3, 0.4) is 0 Å². The van der Waals surface area contributed by atoms with Crippen LogP contribution in [-0.2, 0) is 11.2 Å². The Hall–Kier alpha value is -1.55. The Morgan fingerprint density at radius 3 is 2.33 bits per heavy atom. The second-order valence-corrected chi connectivity index (χ2v) is 4.96. The van der Waals surface area contributed by atoms with Gasteiger partial charge in [-0.3, -0.25) is 4.79 Å². The zero-order valence-corrected chi connectivity index (χ0v) is 11.1. The summed E-state index contributed by atoms with van der Waals surface area (Å²) in [5.41, 5.74) is 12.9. The van der Waals surface area contributed by atoms with Crippen LogP contribution in [0.5, 0.6) is 0 Å². The first-order valence-corrected chi connectivity index (χ1v) is 6.34. The molecule has 0 fully saturated rings. The molecule has 1 unspecified atom stereocenters. The first-order valence-electron chi connectivity index (χ1n) is 6.34. The molecule has 4 heteroatoms. The molecule has 1 atom stereocenters. The monoisotopic (exact) mass is 249 g/mol. The van der Waals surface area contributed by atoms with Gasteiger partial charge in [-0.2, -0.15) is 0 Å². The van der Waals surface area contributed by atoms with Crippen molar-refractivity contribution >= 4 is 11.6 Å². The standard InChI is InChI=1S/C14H23N3O/c1-10(2)12(8-15)9-17-13-5-3-11(4-6-13)7-14(16)18/h3-6,10,12,17H,7-9,15H2,1-2H3,(H2,16,18). The number of carbonyl (C=O) groups is 1. The van der Waals surface area contributed by atoms with Crippen LogP contribution in [0.15, 0.2) is 24.3 Å². The first-order chi connectivity index (χ1) is 8.52. The average molecular weight is 249 g/mol. The molecule has 5 N–H and O–H groups in total. The molecule has 100 valence electrons. The Balaban J connectivity index is 2.50. The van der Waals surface area contributed by atoms with Crippen LogP contribution in [0, 0.1) is 11.8 Å². The molecule has 1 amide bonds. The predicted octanol–water partition coefficient (Wildman–Crippen LogP) is 1.36. The maximum absolute atomic E-state index is 10.8. The van der Waals surface area contributed by atoms with E-state index < -0.39 is 0 Å². The third-order valence-corrected chi connectivity index (χ3v) is 3.15. The minimum atomic E-state index is -0.307. The number of nitrogens with one attached hydrogen (secondary N) is 1. The van der Waals surface area contributed by atoms with Gasteiger partial charge in [0, 0.05) is 12.2 Å². The number of amides is 1. The molecule has 0 aliphatic rings. The molecule has 0 bridgehead atoms. The van der Waals surface area contributed by atoms with E-state index in [0.717, 1.165) is 17.8 Å². The molecule has 0 radical (unpaired) electrons. The molecule has 1 rings (SSSR count). The molecule has 1 aromatic carbocycles. The largest absolute Gasteiger partial charge is 0.385 e. The zero-order chi connectivity index (χ0) is 13.5. The van der Waals surface area contributed by atoms with Crippen molar-refractivity contribution < 1.29 is 4.79 Å². The fraction of sp³-hybridized carbons (Fsp3) is 0.500. The number of anilines is 1. The minimum Gasteiger partial charge on any atom is -0.385 e. The highest BCUT2D eigenvalue weighted by atomic mass is 16.1. The number of carbonyl (C=O) groups excluding carboxylic acids is 1. The minimum absolute atomic E-state index is 0.289. The highest BCUT2D eigenvalue weighted by Crippen LogP contribution is 2.13. The zero-order valence-electron chi connectivity index (χ0n) is 11.1. The molecule has 4 nitrogen and oxygen atoms in total. The van der Waals surface area contributed by atoms with Gasteiger partial charge in [0.25, 0.3) is 0 Å². The van der Waals surface area contributed by atoms with Gasteiger partial charge < -0.3 is 16.8 Å². The van der Waals surface area contributed by atoms with E-state index in [1.54, 1.807) is 0 Å². The van der Waals surface area contributed by atoms with Crippen LogP contribution in [-0.4, -0.2) is 19.0 Å². The molecule has 0 aliphatic carbocycles. The molecular weight excluding hydrogens is 226 g/mol. The fourth-order valence-corrected chi connectivity index (χ4v) is 1.78. The molecule has 0 aliphatic heterocycles. The summed E-state index contributed by atoms with van der Waals surface area (Å²) < 4.78 is 0. The van der Waals surface area contributed by atoms with E-state index in [-0.39, 0.29) is 12.3 Å². The SMILES string of the molecule is CC(C)C(CN)CNc1ccc(CC(N)=O)cc1. The number of hydrogen-bond donors (Lipinski definition) is 3. The van der Waals surface area contributed by atoms with Crippen LogP contribution in [0.1, 0.15) is 19.4 Å². The van der Waals surface area contributed by atoms with Gasteiger partial charge in [-0.15, -0.1) is 0 Å². The number of primary amides is 1. The Morgan fingerprint density at radius 2 is 1.89 bits per heavy atom. The second-order valence-electron chi connectivity index (χ2n) is 4.96. The van der Waals surface area contributed by atoms with E-state index in [9.17, 15) is 4.79 Å². The summed E-state index contributed by atoms with van der Waals surface area (Å²) in [6.07, 6.45) is 0.289. The molecule has 18 heavy (non-hydrogen) atoms. The highest BCUT2D eigenvalue weighted by Gasteiger charge is 2.10. The molecular formula is C14H23N3O. The molecule has 0 heterocycles. The van der Waals surface area contributed by atoms with E-state index >= 15 is 0 Å². The van der Waals surface area contributed by atoms with Gasteiger partial charge in [0.05, 0.1) is 6.42 Å². The van der Waals surface area contributed by atoms with Crippen molar-refractivity contribution in [1.82, 2.24) is 0 Å². The smallest absolute Gasteiger partial charge is 0.221 e. The summed E-state index contributed by atoms with van der Waals surface area (Å²) in [4.78, 5) is 10.8. The predicted molar refractivity (Wildman–Crippen MR) is 75.2 cm³/mol. The number of hydrogen-bond acceptors (Lipinski definition) is 3. The van der Waals surface area contributed by atoms with Gasteiger partial charge in [-0.1, -0.05) is 26.0 Å². The van der Waals surface area contributed by atoms with E-state index in [1.165, 1.54) is 0 Å². The van der Waals surface area contributed by atoms with E-state index in [2.05, 4.69) is 19.2 Å². The number of rotatable bonds is 7. The van der Waals surface area contributed by atoms with Crippen molar-refractivity contribution in [2.45, 2.75) is 20.3 Å². The maximum Gasteiger partial charge on any atom is 0.221 e. The van der Waals surface area contributed by atoms with Crippen LogP contribution >= 0.6 is 0 Å². The Labute approximate surface area is 109 Å². The Kier molecular flexibility index (Phi) is 5.65. The highest BCUT2D eigenvalue weighted by molar-refractivity contribution is 5.76. The Bertz CT molecular complexity index is 373. The van der Waals surface area contributed by atoms with Crippen molar-refractivity contribution in [3.8, 4) is 0 Å². The first kappa shape index (κ1) is 14.5. The quantitative estimate of drug-likeness (QED) is 0.682. The van der Waals surface area contributed by atoms with E-state index in [1.807, 2.05) is 24.3 Å². The molecule has 0 spiro atoms. The summed E-state index contributed by atoms with van der Waals surface area (Å²) in [5, 5.41) is 3.36. The molecule has 0 saturated carbocycles. The topological polar surface area (TPSA) is 81.1 Å². The lowest BCUT2D eigenvalue weighted by Gasteiger charge is -2.20. The van der Waals surface area contributed by atoms with Crippen molar-refractivity contribution in [3.63, 3.8) is 0 Å². The van der Waals surface area contributed by atoms with Gasteiger partial charge in [-0.05, 0) is 36.1 Å². The maximum atomic E-state index is 10.8. The van der Waals surface area contributed by atoms with Gasteiger partial charge in [-0.25, -0.2) is 0 Å². The van der Waals surface area contributed by atoms with Crippen molar-refractivity contribution in [1.29, 1.82) is 0 Å². The summed E-state index contributed by atoms with van der Waals surface area (Å²) in [6, 6.07) is 7.76. The van der Waals surface area contributed by atoms with Crippen LogP contribution in [0.4, 0.5) is 5.69 Å². The lowest BCUT2D eigenvalue weighted by Crippen LogP contribution is -2.27. The summed E-state index contributed by atoms with van der Waals surface area (Å²) in [5.74, 6) is 0.727. The van der Waals surface area contributed by atoms with Crippen LogP contribution in [0.25, 0.3) is 0 Å². The lowest BCUT2D eigenvalue weighted by molar-refractivity contribution is -0.117. The summed E-state index contributed by atoms with van der Waals surface area (Å²) in [7, 11) is 0. The third kappa shape index (κ3) is 4.75. The third-order valence-electron chi connectivity index (χ3n) is 3.15. The summed E-state index contributed by atoms with van der Waals surface area (Å²) in [6.45, 7) is 5.90. The van der Waals surface area contributed by atoms with Gasteiger partial charge in [0.1, 0.15) is 0 Å². The van der Waals surface area contributed by atoms with Gasteiger partial charge in [0.2, 0.25) is 5.91 Å². The fourth-order valence-electron chi connectivity index (χ4n) is 1.78. The molecule has 1 aromatic rings. The lowest BCUT2D eigenvalue weighted by atomic mass is 9.96. The van der Waals surface area contributed by atoms with Gasteiger partial charge >= 0.3 is 0 Å². The second kappa shape index (κ2) is 7.01. The van der Waals surface area contributed by atoms with E-state index in [0.29, 0.717) is 18.4 Å². The Morgan fingerprint density at radius 1 is 1.28 bits per heavy atom. The van der Waals surface area contributed by atoms with Crippen molar-refractivity contribution in [2.24, 2.45) is 23.3 Å². The van der Waals surface area contributed by atoms with Crippen LogP contribution in [0.2, 0.25) is 0 Å². The molecule has 0 aromatic heterocycles. The number of nitrogens with two attached hydrogens (primary N) is 2. The van der Waals surface area contributed by atoms with Gasteiger partial charge in [0.15, 0.2) is 0 Å². The van der Waals surface area contributed by atoms with Crippen molar-refractivity contribution in [3.05, 3.63) is 29.8 Å². The van der Waals surface area contributed by atoms with Crippen LogP contribution < -0.4 is 16.8 Å². The number of benzene rings is 1. The molecule has 0 saturated heterocycles. The average Bonchev–Trinajstić information content (AvgIpc) is 2.31. The van der Waals surface area contributed by atoms with E-state index in [4.69, 9.17) is 11.5 Å². The summed E-state index contributed by atoms with van der Waals surface area (Å²) >= 11 is 0.